The molecular weight excluding hydrogens is 308 g/mol. The molecule has 6 heteroatoms. The molecule has 126 valence electrons. The normalized spacial score (nSPS) is 10.2. The summed E-state index contributed by atoms with van der Waals surface area (Å²) in [6.07, 6.45) is 2.21. The van der Waals surface area contributed by atoms with Gasteiger partial charge in [0.1, 0.15) is 11.4 Å². The van der Waals surface area contributed by atoms with Crippen molar-refractivity contribution < 1.29 is 19.4 Å². The number of hydrogen-bond acceptors (Lipinski definition) is 4. The van der Waals surface area contributed by atoms with Gasteiger partial charge in [0.25, 0.3) is 5.91 Å². The molecule has 0 saturated carbocycles. The number of carboxylic acid groups (broad SMARTS) is 1. The second-order valence-electron chi connectivity index (χ2n) is 5.36. The van der Waals surface area contributed by atoms with E-state index in [0.717, 1.165) is 23.3 Å². The van der Waals surface area contributed by atoms with Crippen molar-refractivity contribution in [1.82, 2.24) is 10.3 Å². The molecule has 1 aromatic heterocycles. The second-order valence-corrected chi connectivity index (χ2v) is 5.36. The number of rotatable bonds is 7. The van der Waals surface area contributed by atoms with Gasteiger partial charge in [0.15, 0.2) is 0 Å². The van der Waals surface area contributed by atoms with Gasteiger partial charge in [-0.1, -0.05) is 13.0 Å². The zero-order chi connectivity index (χ0) is 17.5. The Morgan fingerprint density at radius 2 is 2.04 bits per heavy atom. The Morgan fingerprint density at radius 3 is 2.62 bits per heavy atom. The molecule has 1 aromatic carbocycles. The molecular formula is C18H20N2O4. The van der Waals surface area contributed by atoms with E-state index < -0.39 is 5.97 Å². The van der Waals surface area contributed by atoms with Crippen molar-refractivity contribution in [3.63, 3.8) is 0 Å². The van der Waals surface area contributed by atoms with Gasteiger partial charge in [-0.15, -0.1) is 0 Å². The average molecular weight is 328 g/mol. The molecule has 0 aliphatic heterocycles. The first-order chi connectivity index (χ1) is 11.5. The molecule has 2 rings (SSSR count). The summed E-state index contributed by atoms with van der Waals surface area (Å²) >= 11 is 0. The number of pyridine rings is 1. The van der Waals surface area contributed by atoms with Gasteiger partial charge in [-0.25, -0.2) is 9.78 Å². The Bertz CT molecular complexity index is 726. The van der Waals surface area contributed by atoms with E-state index >= 15 is 0 Å². The molecule has 1 amide bonds. The van der Waals surface area contributed by atoms with E-state index in [1.54, 1.807) is 0 Å². The van der Waals surface area contributed by atoms with Crippen molar-refractivity contribution in [3.05, 3.63) is 58.9 Å². The Labute approximate surface area is 140 Å². The third kappa shape index (κ3) is 4.55. The minimum absolute atomic E-state index is 0.0925. The number of nitrogens with zero attached hydrogens (tertiary/aromatic N) is 1. The van der Waals surface area contributed by atoms with Gasteiger partial charge < -0.3 is 15.2 Å². The van der Waals surface area contributed by atoms with Gasteiger partial charge in [-0.3, -0.25) is 4.79 Å². The lowest BCUT2D eigenvalue weighted by Gasteiger charge is -2.11. The lowest BCUT2D eigenvalue weighted by Crippen LogP contribution is -2.23. The van der Waals surface area contributed by atoms with E-state index in [1.165, 1.54) is 18.3 Å². The molecule has 6 nitrogen and oxygen atoms in total. The van der Waals surface area contributed by atoms with E-state index in [1.807, 2.05) is 25.1 Å². The molecule has 0 bridgehead atoms. The number of aromatic carboxylic acids is 1. The molecule has 2 N–H and O–H groups in total. The van der Waals surface area contributed by atoms with Crippen LogP contribution in [0.15, 0.2) is 36.5 Å². The van der Waals surface area contributed by atoms with Crippen LogP contribution in [0.1, 0.15) is 45.3 Å². The Morgan fingerprint density at radius 1 is 1.25 bits per heavy atom. The van der Waals surface area contributed by atoms with Crippen molar-refractivity contribution in [2.75, 3.05) is 6.61 Å². The quantitative estimate of drug-likeness (QED) is 0.816. The minimum atomic E-state index is -1.12. The zero-order valence-electron chi connectivity index (χ0n) is 13.7. The molecule has 2 aromatic rings. The minimum Gasteiger partial charge on any atom is -0.494 e. The van der Waals surface area contributed by atoms with Crippen LogP contribution in [0.5, 0.6) is 5.75 Å². The molecule has 1 heterocycles. The van der Waals surface area contributed by atoms with Crippen LogP contribution in [0.25, 0.3) is 0 Å². The molecule has 0 radical (unpaired) electrons. The monoisotopic (exact) mass is 328 g/mol. The average Bonchev–Trinajstić information content (AvgIpc) is 2.59. The van der Waals surface area contributed by atoms with E-state index in [2.05, 4.69) is 17.2 Å². The number of carbonyl (C=O) groups excluding carboxylic acids is 1. The Kier molecular flexibility index (Phi) is 5.89. The van der Waals surface area contributed by atoms with Crippen LogP contribution in [0.3, 0.4) is 0 Å². The number of nitrogens with one attached hydrogen (secondary N) is 1. The van der Waals surface area contributed by atoms with Gasteiger partial charge in [0.2, 0.25) is 0 Å². The summed E-state index contributed by atoms with van der Waals surface area (Å²) in [5.41, 5.74) is 2.25. The van der Waals surface area contributed by atoms with Gasteiger partial charge in [0, 0.05) is 12.7 Å². The molecule has 0 aliphatic rings. The lowest BCUT2D eigenvalue weighted by molar-refractivity contribution is 0.0689. The fraction of sp³-hybridized carbons (Fsp3) is 0.278. The summed E-state index contributed by atoms with van der Waals surface area (Å²) in [4.78, 5) is 26.6. The maximum atomic E-state index is 12.1. The summed E-state index contributed by atoms with van der Waals surface area (Å²) in [5, 5.41) is 11.6. The van der Waals surface area contributed by atoms with Gasteiger partial charge in [0.05, 0.1) is 12.2 Å². The van der Waals surface area contributed by atoms with E-state index in [9.17, 15) is 9.59 Å². The zero-order valence-corrected chi connectivity index (χ0v) is 13.7. The summed E-state index contributed by atoms with van der Waals surface area (Å²) in [6, 6.07) is 8.50. The predicted octanol–water partition coefficient (Wildman–Crippen LogP) is 2.81. The first-order valence-electron chi connectivity index (χ1n) is 7.71. The smallest absolute Gasteiger partial charge is 0.354 e. The van der Waals surface area contributed by atoms with Crippen LogP contribution in [-0.2, 0) is 6.54 Å². The highest BCUT2D eigenvalue weighted by Crippen LogP contribution is 2.17. The van der Waals surface area contributed by atoms with Crippen LogP contribution in [-0.4, -0.2) is 28.6 Å². The van der Waals surface area contributed by atoms with E-state index in [0.29, 0.717) is 18.7 Å². The topological polar surface area (TPSA) is 88.5 Å². The van der Waals surface area contributed by atoms with Crippen LogP contribution in [0, 0.1) is 6.92 Å². The van der Waals surface area contributed by atoms with Crippen LogP contribution >= 0.6 is 0 Å². The van der Waals surface area contributed by atoms with Crippen molar-refractivity contribution >= 4 is 11.9 Å². The summed E-state index contributed by atoms with van der Waals surface area (Å²) in [7, 11) is 0. The number of hydrogen-bond donors (Lipinski definition) is 2. The maximum Gasteiger partial charge on any atom is 0.354 e. The SMILES string of the molecule is CCCOc1ccc(CNC(=O)c2ccc(C(=O)O)nc2)c(C)c1. The third-order valence-corrected chi connectivity index (χ3v) is 3.47. The number of ether oxygens (including phenoxy) is 1. The largest absolute Gasteiger partial charge is 0.494 e. The van der Waals surface area contributed by atoms with Crippen molar-refractivity contribution in [3.8, 4) is 5.75 Å². The standard InChI is InChI=1S/C18H20N2O4/c1-3-8-24-15-6-4-13(12(2)9-15)10-20-17(21)14-5-7-16(18(22)23)19-11-14/h4-7,9,11H,3,8,10H2,1-2H3,(H,20,21)(H,22,23). The van der Waals surface area contributed by atoms with E-state index in [4.69, 9.17) is 9.84 Å². The maximum absolute atomic E-state index is 12.1. The fourth-order valence-corrected chi connectivity index (χ4v) is 2.11. The highest BCUT2D eigenvalue weighted by atomic mass is 16.5. The summed E-state index contributed by atoms with van der Waals surface area (Å²) < 4.78 is 5.57. The lowest BCUT2D eigenvalue weighted by atomic mass is 10.1. The molecule has 0 saturated heterocycles. The molecule has 24 heavy (non-hydrogen) atoms. The summed E-state index contributed by atoms with van der Waals surface area (Å²) in [5.74, 6) is -0.606. The second kappa shape index (κ2) is 8.10. The summed E-state index contributed by atoms with van der Waals surface area (Å²) in [6.45, 7) is 5.06. The molecule has 0 fully saturated rings. The van der Waals surface area contributed by atoms with Crippen LogP contribution in [0.4, 0.5) is 0 Å². The molecule has 0 unspecified atom stereocenters. The highest BCUT2D eigenvalue weighted by molar-refractivity contribution is 5.94. The van der Waals surface area contributed by atoms with Crippen LogP contribution in [0.2, 0.25) is 0 Å². The molecule has 0 aliphatic carbocycles. The van der Waals surface area contributed by atoms with Crippen molar-refractivity contribution in [2.45, 2.75) is 26.8 Å². The Hall–Kier alpha value is -2.89. The first kappa shape index (κ1) is 17.5. The number of amides is 1. The Balaban J connectivity index is 1.97. The predicted molar refractivity (Wildman–Crippen MR) is 89.3 cm³/mol. The third-order valence-electron chi connectivity index (χ3n) is 3.47. The first-order valence-corrected chi connectivity index (χ1v) is 7.71. The fourth-order valence-electron chi connectivity index (χ4n) is 2.11. The number of aromatic nitrogens is 1. The van der Waals surface area contributed by atoms with Crippen molar-refractivity contribution in [1.29, 1.82) is 0 Å². The van der Waals surface area contributed by atoms with Crippen LogP contribution < -0.4 is 10.1 Å². The number of carboxylic acids is 1. The van der Waals surface area contributed by atoms with Gasteiger partial charge >= 0.3 is 5.97 Å². The molecule has 0 spiro atoms. The number of carbonyl (C=O) groups is 2. The van der Waals surface area contributed by atoms with E-state index in [-0.39, 0.29) is 11.6 Å². The highest BCUT2D eigenvalue weighted by Gasteiger charge is 2.09. The van der Waals surface area contributed by atoms with Gasteiger partial charge in [-0.2, -0.15) is 0 Å². The van der Waals surface area contributed by atoms with Gasteiger partial charge in [-0.05, 0) is 48.7 Å². The molecule has 0 atom stereocenters. The number of aryl methyl sites for hydroxylation is 1. The number of benzene rings is 1. The van der Waals surface area contributed by atoms with Crippen molar-refractivity contribution in [2.24, 2.45) is 0 Å².